The van der Waals surface area contributed by atoms with Crippen molar-refractivity contribution < 1.29 is 19.1 Å². The number of benzene rings is 1. The number of carbonyl (C=O) groups is 3. The van der Waals surface area contributed by atoms with Gasteiger partial charge in [-0.2, -0.15) is 0 Å². The van der Waals surface area contributed by atoms with Gasteiger partial charge in [0.15, 0.2) is 0 Å². The van der Waals surface area contributed by atoms with Crippen molar-refractivity contribution in [1.29, 1.82) is 0 Å². The summed E-state index contributed by atoms with van der Waals surface area (Å²) in [4.78, 5) is 40.0. The zero-order valence-corrected chi connectivity index (χ0v) is 16.5. The van der Waals surface area contributed by atoms with Crippen molar-refractivity contribution in [3.05, 3.63) is 36.5 Å². The molecule has 2 fully saturated rings. The minimum Gasteiger partial charge on any atom is -0.358 e. The summed E-state index contributed by atoms with van der Waals surface area (Å²) in [5.74, 6) is -0.791. The number of hydrogen-bond acceptors (Lipinski definition) is 5. The maximum absolute atomic E-state index is 13.3. The third-order valence-corrected chi connectivity index (χ3v) is 5.72. The predicted octanol–water partition coefficient (Wildman–Crippen LogP) is 0.971. The summed E-state index contributed by atoms with van der Waals surface area (Å²) in [7, 11) is 1.69. The summed E-state index contributed by atoms with van der Waals surface area (Å²) in [5.41, 5.74) is 0.833. The summed E-state index contributed by atoms with van der Waals surface area (Å²) < 4.78 is 7.51. The number of para-hydroxylation sites is 1. The quantitative estimate of drug-likeness (QED) is 0.783. The minimum atomic E-state index is -0.558. The zero-order chi connectivity index (χ0) is 20.4. The number of hydrogen-bond donors (Lipinski definition) is 2. The first-order chi connectivity index (χ1) is 14.1. The molecule has 3 heterocycles. The van der Waals surface area contributed by atoms with E-state index in [-0.39, 0.29) is 37.0 Å². The Labute approximate surface area is 169 Å². The first-order valence-corrected chi connectivity index (χ1v) is 10.1. The molecule has 0 aliphatic carbocycles. The van der Waals surface area contributed by atoms with Crippen LogP contribution in [0.4, 0.5) is 0 Å². The van der Waals surface area contributed by atoms with E-state index < -0.39 is 12.0 Å². The number of amides is 2. The standard InChI is InChI=1S/C21H26N4O4/c1-22-13-18(26)23-12-15-9-11-29-19-7-6-17(25(19)20(15)27)21(28)24-10-8-14-4-2-3-5-16(14)24/h2-5,8,10,15,17,19,22H,6-7,9,11-13H2,1H3,(H,23,26)/t15-,17?,19+/m1/s1. The van der Waals surface area contributed by atoms with Crippen LogP contribution in [-0.4, -0.2) is 66.2 Å². The molecule has 2 saturated heterocycles. The average molecular weight is 398 g/mol. The van der Waals surface area contributed by atoms with Crippen LogP contribution in [-0.2, 0) is 14.3 Å². The third-order valence-electron chi connectivity index (χ3n) is 5.72. The van der Waals surface area contributed by atoms with Crippen LogP contribution in [0.2, 0.25) is 0 Å². The molecule has 2 aliphatic rings. The molecule has 29 heavy (non-hydrogen) atoms. The van der Waals surface area contributed by atoms with Gasteiger partial charge in [0.25, 0.3) is 5.91 Å². The Morgan fingerprint density at radius 2 is 2.00 bits per heavy atom. The molecule has 2 aromatic rings. The molecule has 3 atom stereocenters. The molecule has 1 unspecified atom stereocenters. The van der Waals surface area contributed by atoms with Crippen molar-refractivity contribution in [3.63, 3.8) is 0 Å². The number of aromatic nitrogens is 1. The molecule has 0 radical (unpaired) electrons. The molecule has 1 aromatic carbocycles. The highest BCUT2D eigenvalue weighted by atomic mass is 16.5. The van der Waals surface area contributed by atoms with Gasteiger partial charge >= 0.3 is 0 Å². The van der Waals surface area contributed by atoms with E-state index >= 15 is 0 Å². The van der Waals surface area contributed by atoms with Crippen molar-refractivity contribution in [2.75, 3.05) is 26.7 Å². The molecule has 154 valence electrons. The predicted molar refractivity (Wildman–Crippen MR) is 107 cm³/mol. The van der Waals surface area contributed by atoms with Crippen LogP contribution in [0.1, 0.15) is 24.1 Å². The molecule has 0 saturated carbocycles. The Morgan fingerprint density at radius 1 is 1.17 bits per heavy atom. The van der Waals surface area contributed by atoms with Crippen molar-refractivity contribution in [1.82, 2.24) is 20.1 Å². The van der Waals surface area contributed by atoms with Gasteiger partial charge in [0.2, 0.25) is 11.8 Å². The lowest BCUT2D eigenvalue weighted by molar-refractivity contribution is -0.142. The van der Waals surface area contributed by atoms with Crippen LogP contribution in [0, 0.1) is 5.92 Å². The molecular formula is C21H26N4O4. The van der Waals surface area contributed by atoms with Gasteiger partial charge in [-0.1, -0.05) is 18.2 Å². The Bertz CT molecular complexity index is 924. The lowest BCUT2D eigenvalue weighted by atomic mass is 10.0. The van der Waals surface area contributed by atoms with Crippen LogP contribution >= 0.6 is 0 Å². The number of fused-ring (bicyclic) bond motifs is 2. The van der Waals surface area contributed by atoms with Crippen LogP contribution in [0.15, 0.2) is 36.5 Å². The maximum Gasteiger partial charge on any atom is 0.253 e. The number of rotatable bonds is 5. The highest BCUT2D eigenvalue weighted by Crippen LogP contribution is 2.32. The van der Waals surface area contributed by atoms with E-state index in [1.807, 2.05) is 30.3 Å². The molecule has 2 N–H and O–H groups in total. The van der Waals surface area contributed by atoms with Crippen LogP contribution in [0.3, 0.4) is 0 Å². The molecule has 1 aromatic heterocycles. The molecule has 8 heteroatoms. The highest BCUT2D eigenvalue weighted by molar-refractivity contribution is 5.97. The second kappa shape index (κ2) is 8.34. The smallest absolute Gasteiger partial charge is 0.253 e. The van der Waals surface area contributed by atoms with Gasteiger partial charge < -0.3 is 20.3 Å². The van der Waals surface area contributed by atoms with Gasteiger partial charge in [-0.3, -0.25) is 19.0 Å². The molecule has 0 bridgehead atoms. The Morgan fingerprint density at radius 3 is 2.83 bits per heavy atom. The average Bonchev–Trinajstić information content (AvgIpc) is 3.30. The van der Waals surface area contributed by atoms with Crippen molar-refractivity contribution >= 4 is 28.6 Å². The topological polar surface area (TPSA) is 92.7 Å². The molecule has 2 aliphatic heterocycles. The van der Waals surface area contributed by atoms with E-state index in [9.17, 15) is 14.4 Å². The summed E-state index contributed by atoms with van der Waals surface area (Å²) in [6, 6.07) is 9.04. The second-order valence-electron chi connectivity index (χ2n) is 7.57. The summed E-state index contributed by atoms with van der Waals surface area (Å²) in [6.07, 6.45) is 3.12. The van der Waals surface area contributed by atoms with Crippen molar-refractivity contribution in [2.24, 2.45) is 5.92 Å². The van der Waals surface area contributed by atoms with E-state index in [0.29, 0.717) is 25.9 Å². The summed E-state index contributed by atoms with van der Waals surface area (Å²) >= 11 is 0. The Kier molecular flexibility index (Phi) is 5.64. The number of nitrogens with zero attached hydrogens (tertiary/aromatic N) is 2. The fourth-order valence-corrected chi connectivity index (χ4v) is 4.25. The van der Waals surface area contributed by atoms with E-state index in [1.54, 1.807) is 22.7 Å². The monoisotopic (exact) mass is 398 g/mol. The number of ether oxygens (including phenoxy) is 1. The largest absolute Gasteiger partial charge is 0.358 e. The maximum atomic E-state index is 13.3. The zero-order valence-electron chi connectivity index (χ0n) is 16.5. The third kappa shape index (κ3) is 3.77. The van der Waals surface area contributed by atoms with E-state index in [4.69, 9.17) is 4.74 Å². The number of likely N-dealkylation sites (N-methyl/N-ethyl adjacent to an activating group) is 1. The van der Waals surface area contributed by atoms with Gasteiger partial charge in [-0.25, -0.2) is 0 Å². The fourth-order valence-electron chi connectivity index (χ4n) is 4.25. The van der Waals surface area contributed by atoms with E-state index in [1.165, 1.54) is 0 Å². The summed E-state index contributed by atoms with van der Waals surface area (Å²) in [5, 5.41) is 6.57. The Hall–Kier alpha value is -2.71. The van der Waals surface area contributed by atoms with Crippen LogP contribution in [0.25, 0.3) is 10.9 Å². The number of carbonyl (C=O) groups excluding carboxylic acids is 3. The van der Waals surface area contributed by atoms with Crippen molar-refractivity contribution in [3.8, 4) is 0 Å². The van der Waals surface area contributed by atoms with Gasteiger partial charge in [-0.15, -0.1) is 0 Å². The number of nitrogens with one attached hydrogen (secondary N) is 2. The first kappa shape index (κ1) is 19.6. The van der Waals surface area contributed by atoms with Crippen LogP contribution < -0.4 is 10.6 Å². The lowest BCUT2D eigenvalue weighted by Crippen LogP contribution is -2.50. The van der Waals surface area contributed by atoms with Gasteiger partial charge in [0, 0.05) is 18.1 Å². The molecule has 0 spiro atoms. The van der Waals surface area contributed by atoms with Crippen LogP contribution in [0.5, 0.6) is 0 Å². The van der Waals surface area contributed by atoms with Gasteiger partial charge in [0.05, 0.1) is 24.6 Å². The van der Waals surface area contributed by atoms with E-state index in [0.717, 1.165) is 10.9 Å². The molecule has 4 rings (SSSR count). The fraction of sp³-hybridized carbons (Fsp3) is 0.476. The summed E-state index contributed by atoms with van der Waals surface area (Å²) in [6.45, 7) is 0.887. The SMILES string of the molecule is CNCC(=O)NC[C@H]1CCO[C@H]2CCC(C(=O)n3ccc4ccccc43)N2C1=O. The minimum absolute atomic E-state index is 0.120. The highest BCUT2D eigenvalue weighted by Gasteiger charge is 2.45. The molecular weight excluding hydrogens is 372 g/mol. The first-order valence-electron chi connectivity index (χ1n) is 10.1. The molecule has 2 amide bonds. The lowest BCUT2D eigenvalue weighted by Gasteiger charge is -2.29. The molecule has 8 nitrogen and oxygen atoms in total. The second-order valence-corrected chi connectivity index (χ2v) is 7.57. The van der Waals surface area contributed by atoms with E-state index in [2.05, 4.69) is 10.6 Å². The van der Waals surface area contributed by atoms with Gasteiger partial charge in [-0.05, 0) is 38.4 Å². The van der Waals surface area contributed by atoms with Gasteiger partial charge in [0.1, 0.15) is 12.3 Å². The van der Waals surface area contributed by atoms with Crippen molar-refractivity contribution in [2.45, 2.75) is 31.5 Å². The normalized spacial score (nSPS) is 24.4. The Balaban J connectivity index is 1.54.